The molecule has 1 aliphatic rings. The molecular weight excluding hydrogens is 272 g/mol. The van der Waals surface area contributed by atoms with Crippen molar-refractivity contribution in [2.24, 2.45) is 7.05 Å². The van der Waals surface area contributed by atoms with Crippen LogP contribution in [-0.4, -0.2) is 19.7 Å². The molecule has 0 spiro atoms. The quantitative estimate of drug-likeness (QED) is 0.483. The molecule has 1 aliphatic heterocycles. The number of allylic oxidation sites excluding steroid dienone is 1. The van der Waals surface area contributed by atoms with Crippen molar-refractivity contribution in [2.75, 3.05) is 0 Å². The Morgan fingerprint density at radius 1 is 1.57 bits per heavy atom. The van der Waals surface area contributed by atoms with Gasteiger partial charge in [-0.3, -0.25) is 10.1 Å². The molecule has 21 heavy (non-hydrogen) atoms. The van der Waals surface area contributed by atoms with E-state index in [-0.39, 0.29) is 5.70 Å². The maximum atomic E-state index is 11.2. The number of pyridine rings is 1. The fraction of sp³-hybridized carbons (Fsp3) is 0.308. The van der Waals surface area contributed by atoms with E-state index in [1.54, 1.807) is 0 Å². The highest BCUT2D eigenvalue weighted by Crippen LogP contribution is 2.34. The first-order valence-corrected chi connectivity index (χ1v) is 6.46. The zero-order valence-corrected chi connectivity index (χ0v) is 11.7. The summed E-state index contributed by atoms with van der Waals surface area (Å²) in [5, 5.41) is 19.3. The molecule has 8 nitrogen and oxygen atoms in total. The molecule has 0 amide bonds. The summed E-state index contributed by atoms with van der Waals surface area (Å²) >= 11 is 0. The van der Waals surface area contributed by atoms with Crippen molar-refractivity contribution < 1.29 is 9.49 Å². The van der Waals surface area contributed by atoms with Crippen molar-refractivity contribution >= 4 is 5.95 Å². The van der Waals surface area contributed by atoms with E-state index in [1.807, 2.05) is 37.0 Å². The average Bonchev–Trinajstić information content (AvgIpc) is 2.90. The third kappa shape index (κ3) is 2.35. The van der Waals surface area contributed by atoms with E-state index in [2.05, 4.69) is 15.4 Å². The summed E-state index contributed by atoms with van der Waals surface area (Å²) in [6.07, 6.45) is 7.02. The van der Waals surface area contributed by atoms with Crippen LogP contribution in [0.4, 0.5) is 5.95 Å². The van der Waals surface area contributed by atoms with Crippen LogP contribution in [0.3, 0.4) is 0 Å². The first-order chi connectivity index (χ1) is 10.1. The normalized spacial score (nSPS) is 16.9. The first-order valence-electron chi connectivity index (χ1n) is 6.46. The molecule has 0 bridgehead atoms. The van der Waals surface area contributed by atoms with Crippen molar-refractivity contribution in [2.45, 2.75) is 19.4 Å². The SMILES string of the molecule is Cc1c[n+](C)ccc1C[C@H]1C([N+](=O)[O-])=C[N-]c2ncnn21. The monoisotopic (exact) mass is 286 g/mol. The van der Waals surface area contributed by atoms with Gasteiger partial charge < -0.3 is 15.0 Å². The molecule has 108 valence electrons. The maximum Gasteiger partial charge on any atom is 0.259 e. The van der Waals surface area contributed by atoms with Crippen LogP contribution in [0.1, 0.15) is 17.2 Å². The van der Waals surface area contributed by atoms with E-state index in [4.69, 9.17) is 0 Å². The van der Waals surface area contributed by atoms with E-state index in [1.165, 1.54) is 17.2 Å². The van der Waals surface area contributed by atoms with Gasteiger partial charge in [0.2, 0.25) is 0 Å². The molecule has 0 saturated carbocycles. The number of hydrogen-bond donors (Lipinski definition) is 0. The molecule has 0 aromatic carbocycles. The Kier molecular flexibility index (Phi) is 3.13. The summed E-state index contributed by atoms with van der Waals surface area (Å²) in [5.41, 5.74) is 2.14. The highest BCUT2D eigenvalue weighted by Gasteiger charge is 2.28. The van der Waals surface area contributed by atoms with Crippen LogP contribution >= 0.6 is 0 Å². The lowest BCUT2D eigenvalue weighted by molar-refractivity contribution is -0.671. The maximum absolute atomic E-state index is 11.2. The lowest BCUT2D eigenvalue weighted by atomic mass is 10.0. The smallest absolute Gasteiger partial charge is 0.259 e. The van der Waals surface area contributed by atoms with Gasteiger partial charge in [-0.1, -0.05) is 0 Å². The van der Waals surface area contributed by atoms with Crippen molar-refractivity contribution in [3.05, 3.63) is 63.2 Å². The fourth-order valence-electron chi connectivity index (χ4n) is 2.46. The number of nitrogens with zero attached hydrogens (tertiary/aromatic N) is 6. The molecule has 0 fully saturated rings. The van der Waals surface area contributed by atoms with Gasteiger partial charge >= 0.3 is 0 Å². The van der Waals surface area contributed by atoms with E-state index in [0.29, 0.717) is 12.4 Å². The third-order valence-corrected chi connectivity index (χ3v) is 3.54. The summed E-state index contributed by atoms with van der Waals surface area (Å²) in [7, 11) is 1.94. The Hall–Kier alpha value is -2.77. The number of aromatic nitrogens is 4. The predicted molar refractivity (Wildman–Crippen MR) is 73.2 cm³/mol. The summed E-state index contributed by atoms with van der Waals surface area (Å²) in [6.45, 7) is 1.99. The Bertz CT molecular complexity index is 736. The largest absolute Gasteiger partial charge is 0.359 e. The van der Waals surface area contributed by atoms with Crippen molar-refractivity contribution in [3.63, 3.8) is 0 Å². The molecule has 0 radical (unpaired) electrons. The van der Waals surface area contributed by atoms with Gasteiger partial charge in [-0.2, -0.15) is 0 Å². The molecule has 2 aromatic heterocycles. The van der Waals surface area contributed by atoms with Gasteiger partial charge in [0, 0.05) is 23.8 Å². The summed E-state index contributed by atoms with van der Waals surface area (Å²) in [5.74, 6) is 0.393. The van der Waals surface area contributed by atoms with Gasteiger partial charge in [-0.25, -0.2) is 9.67 Å². The van der Waals surface area contributed by atoms with Crippen LogP contribution in [-0.2, 0) is 13.5 Å². The van der Waals surface area contributed by atoms with E-state index in [0.717, 1.165) is 11.1 Å². The van der Waals surface area contributed by atoms with Gasteiger partial charge in [0.15, 0.2) is 12.4 Å². The van der Waals surface area contributed by atoms with Crippen molar-refractivity contribution in [1.82, 2.24) is 14.8 Å². The Labute approximate surface area is 120 Å². The minimum Gasteiger partial charge on any atom is -0.359 e. The molecule has 0 N–H and O–H groups in total. The molecule has 1 atom stereocenters. The van der Waals surface area contributed by atoms with Gasteiger partial charge in [0.25, 0.3) is 5.70 Å². The van der Waals surface area contributed by atoms with Crippen molar-refractivity contribution in [3.8, 4) is 0 Å². The highest BCUT2D eigenvalue weighted by atomic mass is 16.6. The summed E-state index contributed by atoms with van der Waals surface area (Å²) in [6, 6.07) is 1.47. The summed E-state index contributed by atoms with van der Waals surface area (Å²) in [4.78, 5) is 14.8. The Morgan fingerprint density at radius 3 is 3.10 bits per heavy atom. The Balaban J connectivity index is 1.99. The fourth-order valence-corrected chi connectivity index (χ4v) is 2.46. The minimum atomic E-state index is -0.499. The molecule has 3 rings (SSSR count). The number of rotatable bonds is 3. The first kappa shape index (κ1) is 13.2. The van der Waals surface area contributed by atoms with Crippen LogP contribution in [0.15, 0.2) is 36.7 Å². The average molecular weight is 286 g/mol. The minimum absolute atomic E-state index is 0.0284. The second-order valence-corrected chi connectivity index (χ2v) is 4.98. The van der Waals surface area contributed by atoms with Gasteiger partial charge in [-0.15, -0.1) is 0 Å². The molecule has 0 saturated heterocycles. The number of aryl methyl sites for hydroxylation is 2. The number of nitro groups is 1. The van der Waals surface area contributed by atoms with Crippen LogP contribution in [0.5, 0.6) is 0 Å². The lowest BCUT2D eigenvalue weighted by Gasteiger charge is -2.26. The zero-order chi connectivity index (χ0) is 15.0. The topological polar surface area (TPSA) is 91.8 Å². The summed E-state index contributed by atoms with van der Waals surface area (Å²) < 4.78 is 3.45. The second kappa shape index (κ2) is 4.97. The Morgan fingerprint density at radius 2 is 2.38 bits per heavy atom. The molecule has 0 unspecified atom stereocenters. The van der Waals surface area contributed by atoms with Crippen molar-refractivity contribution in [1.29, 1.82) is 0 Å². The van der Waals surface area contributed by atoms with Gasteiger partial charge in [0.05, 0.1) is 11.3 Å². The van der Waals surface area contributed by atoms with Crippen LogP contribution in [0, 0.1) is 17.0 Å². The van der Waals surface area contributed by atoms with E-state index in [9.17, 15) is 10.1 Å². The van der Waals surface area contributed by atoms with Crippen LogP contribution in [0.2, 0.25) is 0 Å². The van der Waals surface area contributed by atoms with E-state index < -0.39 is 11.0 Å². The zero-order valence-electron chi connectivity index (χ0n) is 11.7. The molecule has 0 aliphatic carbocycles. The molecule has 3 heterocycles. The second-order valence-electron chi connectivity index (χ2n) is 4.98. The van der Waals surface area contributed by atoms with Gasteiger partial charge in [-0.05, 0) is 18.9 Å². The lowest BCUT2D eigenvalue weighted by Crippen LogP contribution is -2.28. The third-order valence-electron chi connectivity index (χ3n) is 3.54. The van der Waals surface area contributed by atoms with E-state index >= 15 is 0 Å². The van der Waals surface area contributed by atoms with Gasteiger partial charge in [0.1, 0.15) is 13.1 Å². The molecular formula is C13H14N6O2. The number of hydrogen-bond acceptors (Lipinski definition) is 4. The molecule has 8 heteroatoms. The predicted octanol–water partition coefficient (Wildman–Crippen LogP) is 1.33. The van der Waals surface area contributed by atoms with Crippen LogP contribution < -0.4 is 4.57 Å². The van der Waals surface area contributed by atoms with Crippen LogP contribution in [0.25, 0.3) is 5.32 Å². The standard InChI is InChI=1S/C13H14N6O2/c1-9-7-17(2)4-3-10(9)5-11-12(19(20)21)6-14-13-15-8-16-18(11)13/h3-4,6-8,11H,5H2,1-2H3/t11-/m0/s1. The highest BCUT2D eigenvalue weighted by molar-refractivity contribution is 5.42. The molecule has 2 aromatic rings. The number of fused-ring (bicyclic) bond motifs is 1.